The van der Waals surface area contributed by atoms with Gasteiger partial charge in [-0.3, -0.25) is 0 Å². The van der Waals surface area contributed by atoms with E-state index in [1.807, 2.05) is 0 Å². The van der Waals surface area contributed by atoms with Crippen LogP contribution in [0.4, 0.5) is 0 Å². The largest absolute Gasteiger partial charge is 0.0576 e. The molecule has 2 aromatic carbocycles. The molecule has 2 rings (SSSR count). The van der Waals surface area contributed by atoms with Gasteiger partial charge in [0.2, 0.25) is 0 Å². The van der Waals surface area contributed by atoms with E-state index in [0.29, 0.717) is 0 Å². The first-order chi connectivity index (χ1) is 9.98. The Kier molecular flexibility index (Phi) is 6.35. The molecule has 0 heterocycles. The third-order valence-electron chi connectivity index (χ3n) is 4.31. The second kappa shape index (κ2) is 7.13. The van der Waals surface area contributed by atoms with Crippen molar-refractivity contribution in [3.63, 3.8) is 0 Å². The third kappa shape index (κ3) is 4.95. The summed E-state index contributed by atoms with van der Waals surface area (Å²) in [5.74, 6) is 0. The number of rotatable bonds is 1. The van der Waals surface area contributed by atoms with Gasteiger partial charge in [-0.1, -0.05) is 83.5 Å². The molecule has 0 saturated carbocycles. The van der Waals surface area contributed by atoms with Gasteiger partial charge in [-0.25, -0.2) is 0 Å². The molecule has 0 unspecified atom stereocenters. The van der Waals surface area contributed by atoms with Gasteiger partial charge in [-0.2, -0.15) is 0 Å². The van der Waals surface area contributed by atoms with E-state index in [1.54, 1.807) is 0 Å². The smallest absolute Gasteiger partial charge is 0 e. The van der Waals surface area contributed by atoms with Crippen molar-refractivity contribution >= 4 is 29.6 Å². The van der Waals surface area contributed by atoms with Gasteiger partial charge in [-0.15, -0.1) is 0 Å². The molecule has 0 aliphatic carbocycles. The maximum Gasteiger partial charge on any atom is 0 e. The van der Waals surface area contributed by atoms with E-state index in [1.165, 1.54) is 33.4 Å². The molecule has 0 aromatic heterocycles. The zero-order chi connectivity index (χ0) is 16.7. The number of benzene rings is 2. The molecule has 0 aliphatic heterocycles. The van der Waals surface area contributed by atoms with Crippen LogP contribution in [0.1, 0.15) is 63.8 Å². The van der Waals surface area contributed by atoms with Crippen LogP contribution < -0.4 is 0 Å². The molecule has 0 nitrogen and oxygen atoms in total. The maximum atomic E-state index is 2.35. The maximum absolute atomic E-state index is 2.35. The monoisotopic (exact) mass is 317 g/mol. The van der Waals surface area contributed by atoms with Crippen molar-refractivity contribution in [2.45, 2.75) is 66.2 Å². The molecule has 1 radical (unpaired) electrons. The van der Waals surface area contributed by atoms with Crippen LogP contribution in [0.5, 0.6) is 0 Å². The van der Waals surface area contributed by atoms with Crippen molar-refractivity contribution in [2.24, 2.45) is 0 Å². The Morgan fingerprint density at radius 2 is 1.26 bits per heavy atom. The summed E-state index contributed by atoms with van der Waals surface area (Å²) in [6.07, 6.45) is 0. The van der Waals surface area contributed by atoms with Crippen molar-refractivity contribution in [1.82, 2.24) is 0 Å². The topological polar surface area (TPSA) is 0 Å². The minimum Gasteiger partial charge on any atom is -0.0576 e. The Morgan fingerprint density at radius 3 is 1.74 bits per heavy atom. The molecule has 2 aromatic rings. The average molecular weight is 317 g/mol. The van der Waals surface area contributed by atoms with Gasteiger partial charge >= 0.3 is 0 Å². The first-order valence-electron chi connectivity index (χ1n) is 8.22. The predicted octanol–water partition coefficient (Wildman–Crippen LogP) is 6.18. The second-order valence-corrected chi connectivity index (χ2v) is 8.62. The summed E-state index contributed by atoms with van der Waals surface area (Å²) in [5.41, 5.74) is 8.57. The molecule has 0 N–H and O–H groups in total. The van der Waals surface area contributed by atoms with E-state index in [-0.39, 0.29) is 40.4 Å². The van der Waals surface area contributed by atoms with E-state index < -0.39 is 0 Å². The third-order valence-corrected chi connectivity index (χ3v) is 4.31. The molecule has 0 spiro atoms. The Labute approximate surface area is 165 Å². The molecular formula is C22H30Na. The van der Waals surface area contributed by atoms with E-state index in [2.05, 4.69) is 91.8 Å². The van der Waals surface area contributed by atoms with Crippen LogP contribution in [0.2, 0.25) is 0 Å². The van der Waals surface area contributed by atoms with Crippen LogP contribution in [-0.2, 0) is 10.8 Å². The fourth-order valence-electron chi connectivity index (χ4n) is 3.07. The Bertz CT molecular complexity index is 682. The molecule has 0 aliphatic rings. The Morgan fingerprint density at radius 1 is 0.652 bits per heavy atom. The fourth-order valence-corrected chi connectivity index (χ4v) is 3.07. The minimum atomic E-state index is 0. The van der Waals surface area contributed by atoms with Crippen LogP contribution in [0.3, 0.4) is 0 Å². The Balaban J connectivity index is 0.00000264. The SMILES string of the molecule is Cc1cc(-c2ccc(C(C)(C)C)c(C)c2)cc(C(C)(C)C)c1.[Na]. The van der Waals surface area contributed by atoms with Crippen LogP contribution in [-0.4, -0.2) is 29.6 Å². The van der Waals surface area contributed by atoms with Gasteiger partial charge in [0.25, 0.3) is 0 Å². The quantitative estimate of drug-likeness (QED) is 0.550. The molecule has 0 bridgehead atoms. The van der Waals surface area contributed by atoms with Gasteiger partial charge in [0.05, 0.1) is 0 Å². The van der Waals surface area contributed by atoms with Crippen LogP contribution in [0, 0.1) is 13.8 Å². The minimum absolute atomic E-state index is 0. The van der Waals surface area contributed by atoms with Crippen molar-refractivity contribution in [1.29, 1.82) is 0 Å². The summed E-state index contributed by atoms with van der Waals surface area (Å²) in [5, 5.41) is 0. The molecule has 0 saturated heterocycles. The molecule has 0 fully saturated rings. The number of aryl methyl sites for hydroxylation is 2. The molecule has 119 valence electrons. The first kappa shape index (κ1) is 20.5. The summed E-state index contributed by atoms with van der Waals surface area (Å²) in [7, 11) is 0. The standard InChI is InChI=1S/C22H30.Na/c1-15-11-18(14-19(12-15)21(3,4)5)17-9-10-20(16(2)13-17)22(6,7)8;/h9-14H,1-8H3;. The fraction of sp³-hybridized carbons (Fsp3) is 0.455. The van der Waals surface area contributed by atoms with Gasteiger partial charge in [-0.05, 0) is 52.5 Å². The molecule has 0 atom stereocenters. The average Bonchev–Trinajstić information content (AvgIpc) is 2.35. The van der Waals surface area contributed by atoms with E-state index in [0.717, 1.165) is 0 Å². The molecule has 1 heteroatoms. The summed E-state index contributed by atoms with van der Waals surface area (Å²) >= 11 is 0. The van der Waals surface area contributed by atoms with Gasteiger partial charge < -0.3 is 0 Å². The summed E-state index contributed by atoms with van der Waals surface area (Å²) < 4.78 is 0. The van der Waals surface area contributed by atoms with Crippen molar-refractivity contribution in [2.75, 3.05) is 0 Å². The molecule has 23 heavy (non-hydrogen) atoms. The first-order valence-corrected chi connectivity index (χ1v) is 8.22. The molecule has 0 amide bonds. The van der Waals surface area contributed by atoms with Crippen LogP contribution in [0.25, 0.3) is 11.1 Å². The van der Waals surface area contributed by atoms with Gasteiger partial charge in [0, 0.05) is 29.6 Å². The van der Waals surface area contributed by atoms with E-state index in [4.69, 9.17) is 0 Å². The van der Waals surface area contributed by atoms with Gasteiger partial charge in [0.1, 0.15) is 0 Å². The normalized spacial score (nSPS) is 12.0. The molecular weight excluding hydrogens is 287 g/mol. The second-order valence-electron chi connectivity index (χ2n) is 8.62. The summed E-state index contributed by atoms with van der Waals surface area (Å²) in [4.78, 5) is 0. The van der Waals surface area contributed by atoms with Crippen molar-refractivity contribution in [3.05, 3.63) is 58.7 Å². The van der Waals surface area contributed by atoms with E-state index >= 15 is 0 Å². The summed E-state index contributed by atoms with van der Waals surface area (Å²) in [6, 6.07) is 13.8. The Hall–Kier alpha value is -0.560. The van der Waals surface area contributed by atoms with Crippen molar-refractivity contribution in [3.8, 4) is 11.1 Å². The van der Waals surface area contributed by atoms with Crippen LogP contribution >= 0.6 is 0 Å². The van der Waals surface area contributed by atoms with Gasteiger partial charge in [0.15, 0.2) is 0 Å². The predicted molar refractivity (Wildman–Crippen MR) is 105 cm³/mol. The summed E-state index contributed by atoms with van der Waals surface area (Å²) in [6.45, 7) is 18.1. The van der Waals surface area contributed by atoms with Crippen LogP contribution in [0.15, 0.2) is 36.4 Å². The zero-order valence-corrected chi connectivity index (χ0v) is 18.5. The van der Waals surface area contributed by atoms with E-state index in [9.17, 15) is 0 Å². The number of hydrogen-bond donors (Lipinski definition) is 0. The van der Waals surface area contributed by atoms with Crippen molar-refractivity contribution < 1.29 is 0 Å². The zero-order valence-electron chi connectivity index (χ0n) is 16.5. The number of hydrogen-bond acceptors (Lipinski definition) is 0.